The van der Waals surface area contributed by atoms with Crippen LogP contribution in [0.15, 0.2) is 41.3 Å². The maximum Gasteiger partial charge on any atom is 0.418 e. The van der Waals surface area contributed by atoms with Gasteiger partial charge in [-0.15, -0.1) is 0 Å². The van der Waals surface area contributed by atoms with Gasteiger partial charge in [0, 0.05) is 37.4 Å². The van der Waals surface area contributed by atoms with Crippen LogP contribution in [0.2, 0.25) is 0 Å². The van der Waals surface area contributed by atoms with Gasteiger partial charge in [-0.1, -0.05) is 0 Å². The van der Waals surface area contributed by atoms with Gasteiger partial charge in [0.15, 0.2) is 11.6 Å². The molecule has 2 aromatic carbocycles. The molecule has 1 aliphatic rings. The number of halogens is 5. The number of carbonyl (C=O) groups excluding carboxylic acids is 1. The molecule has 1 fully saturated rings. The second-order valence-electron chi connectivity index (χ2n) is 6.63. The van der Waals surface area contributed by atoms with Gasteiger partial charge in [-0.25, -0.2) is 22.3 Å². The van der Waals surface area contributed by atoms with Crippen molar-refractivity contribution in [3.63, 3.8) is 0 Å². The van der Waals surface area contributed by atoms with E-state index < -0.39 is 44.2 Å². The molecule has 0 radical (unpaired) electrons. The lowest BCUT2D eigenvalue weighted by molar-refractivity contribution is -0.137. The molecule has 1 amide bonds. The zero-order valence-corrected chi connectivity index (χ0v) is 16.1. The van der Waals surface area contributed by atoms with Crippen LogP contribution in [0.3, 0.4) is 0 Å². The number of carbonyl (C=O) groups is 1. The Morgan fingerprint density at radius 3 is 2.10 bits per heavy atom. The Bertz CT molecular complexity index is 1080. The van der Waals surface area contributed by atoms with Gasteiger partial charge in [-0.3, -0.25) is 4.79 Å². The lowest BCUT2D eigenvalue weighted by atomic mass is 10.1. The number of piperazine rings is 1. The highest BCUT2D eigenvalue weighted by Crippen LogP contribution is 2.38. The van der Waals surface area contributed by atoms with Crippen molar-refractivity contribution in [1.29, 1.82) is 0 Å². The van der Waals surface area contributed by atoms with Crippen LogP contribution in [-0.2, 0) is 16.2 Å². The first kappa shape index (κ1) is 22.0. The Kier molecular flexibility index (Phi) is 5.74. The third-order valence-corrected chi connectivity index (χ3v) is 5.59. The molecular weight excluding hydrogens is 433 g/mol. The predicted molar refractivity (Wildman–Crippen MR) is 97.3 cm³/mol. The highest BCUT2D eigenvalue weighted by molar-refractivity contribution is 7.89. The summed E-state index contributed by atoms with van der Waals surface area (Å²) in [5.41, 5.74) is -1.47. The molecule has 2 N–H and O–H groups in total. The topological polar surface area (TPSA) is 83.7 Å². The van der Waals surface area contributed by atoms with E-state index in [1.165, 1.54) is 9.80 Å². The van der Waals surface area contributed by atoms with Gasteiger partial charge >= 0.3 is 6.18 Å². The zero-order chi connectivity index (χ0) is 22.3. The monoisotopic (exact) mass is 449 g/mol. The lowest BCUT2D eigenvalue weighted by Gasteiger charge is -2.37. The minimum absolute atomic E-state index is 0.0211. The molecule has 3 rings (SSSR count). The normalized spacial score (nSPS) is 15.4. The highest BCUT2D eigenvalue weighted by atomic mass is 32.2. The fraction of sp³-hybridized carbons (Fsp3) is 0.278. The van der Waals surface area contributed by atoms with Crippen molar-refractivity contribution in [1.82, 2.24) is 4.90 Å². The summed E-state index contributed by atoms with van der Waals surface area (Å²) in [7, 11) is -4.32. The molecule has 12 heteroatoms. The largest absolute Gasteiger partial charge is 0.418 e. The number of anilines is 1. The summed E-state index contributed by atoms with van der Waals surface area (Å²) >= 11 is 0. The van der Waals surface area contributed by atoms with Gasteiger partial charge in [0.05, 0.1) is 10.5 Å². The number of hydrogen-bond acceptors (Lipinski definition) is 4. The maximum absolute atomic E-state index is 13.5. The fourth-order valence-electron chi connectivity index (χ4n) is 3.16. The van der Waals surface area contributed by atoms with Crippen LogP contribution in [0, 0.1) is 11.6 Å². The Balaban J connectivity index is 1.80. The molecule has 6 nitrogen and oxygen atoms in total. The van der Waals surface area contributed by atoms with Crippen LogP contribution in [0.1, 0.15) is 15.9 Å². The summed E-state index contributed by atoms with van der Waals surface area (Å²) in [5, 5.41) is 4.92. The van der Waals surface area contributed by atoms with Gasteiger partial charge in [-0.05, 0) is 36.4 Å². The van der Waals surface area contributed by atoms with Gasteiger partial charge in [0.1, 0.15) is 0 Å². The number of nitrogens with zero attached hydrogens (tertiary/aromatic N) is 2. The number of sulfonamides is 1. The minimum Gasteiger partial charge on any atom is -0.367 e. The Labute approximate surface area is 168 Å². The van der Waals surface area contributed by atoms with Crippen molar-refractivity contribution in [3.05, 3.63) is 59.2 Å². The molecule has 0 unspecified atom stereocenters. The van der Waals surface area contributed by atoms with E-state index in [-0.39, 0.29) is 37.4 Å². The van der Waals surface area contributed by atoms with Crippen LogP contribution in [-0.4, -0.2) is 45.4 Å². The minimum atomic E-state index is -4.82. The van der Waals surface area contributed by atoms with Crippen LogP contribution in [0.4, 0.5) is 27.6 Å². The molecule has 1 aliphatic heterocycles. The van der Waals surface area contributed by atoms with Crippen molar-refractivity contribution in [2.45, 2.75) is 11.1 Å². The van der Waals surface area contributed by atoms with E-state index in [9.17, 15) is 35.2 Å². The quantitative estimate of drug-likeness (QED) is 0.731. The molecule has 0 atom stereocenters. The van der Waals surface area contributed by atoms with Crippen LogP contribution in [0.5, 0.6) is 0 Å². The summed E-state index contributed by atoms with van der Waals surface area (Å²) in [6.45, 7) is 0.110. The number of hydrogen-bond donors (Lipinski definition) is 1. The molecule has 1 heterocycles. The first-order chi connectivity index (χ1) is 13.9. The molecule has 2 aromatic rings. The van der Waals surface area contributed by atoms with E-state index >= 15 is 0 Å². The van der Waals surface area contributed by atoms with Gasteiger partial charge in [0.25, 0.3) is 5.91 Å². The number of primary sulfonamides is 1. The first-order valence-corrected chi connectivity index (χ1v) is 10.2. The summed E-state index contributed by atoms with van der Waals surface area (Å²) in [6.07, 6.45) is -4.82. The van der Waals surface area contributed by atoms with Crippen molar-refractivity contribution >= 4 is 21.6 Å². The molecule has 30 heavy (non-hydrogen) atoms. The Hall–Kier alpha value is -2.73. The van der Waals surface area contributed by atoms with E-state index in [0.717, 1.165) is 30.3 Å². The van der Waals surface area contributed by atoms with Crippen molar-refractivity contribution in [2.24, 2.45) is 5.14 Å². The van der Waals surface area contributed by atoms with Crippen molar-refractivity contribution in [2.75, 3.05) is 31.1 Å². The van der Waals surface area contributed by atoms with E-state index in [2.05, 4.69) is 0 Å². The van der Waals surface area contributed by atoms with Gasteiger partial charge in [0.2, 0.25) is 10.0 Å². The van der Waals surface area contributed by atoms with Gasteiger partial charge < -0.3 is 9.80 Å². The third kappa shape index (κ3) is 4.54. The number of nitrogens with two attached hydrogens (primary N) is 1. The number of benzene rings is 2. The van der Waals surface area contributed by atoms with Crippen molar-refractivity contribution in [3.8, 4) is 0 Å². The van der Waals surface area contributed by atoms with Gasteiger partial charge in [-0.2, -0.15) is 13.2 Å². The molecule has 1 saturated heterocycles. The standard InChI is InChI=1S/C18H16F5N3O3S/c19-14-3-1-11(9-15(14)20)17(27)26-7-5-25(6-8-26)16-4-2-12(30(24,28)29)10-13(16)18(21,22)23/h1-4,9-10H,5-8H2,(H2,24,28,29). The second kappa shape index (κ2) is 7.84. The Morgan fingerprint density at radius 2 is 1.57 bits per heavy atom. The summed E-state index contributed by atoms with van der Waals surface area (Å²) in [6, 6.07) is 5.19. The van der Waals surface area contributed by atoms with E-state index in [1.807, 2.05) is 0 Å². The molecule has 0 saturated carbocycles. The summed E-state index contributed by atoms with van der Waals surface area (Å²) in [4.78, 5) is 14.5. The SMILES string of the molecule is NS(=O)(=O)c1ccc(N2CCN(C(=O)c3ccc(F)c(F)c3)CC2)c(C(F)(F)F)c1. The van der Waals surface area contributed by atoms with Crippen molar-refractivity contribution < 1.29 is 35.2 Å². The molecule has 0 aliphatic carbocycles. The smallest absolute Gasteiger partial charge is 0.367 e. The van der Waals surface area contributed by atoms with Crippen LogP contribution >= 0.6 is 0 Å². The molecule has 0 aromatic heterocycles. The third-order valence-electron chi connectivity index (χ3n) is 4.68. The molecule has 0 bridgehead atoms. The molecule has 162 valence electrons. The van der Waals surface area contributed by atoms with E-state index in [4.69, 9.17) is 5.14 Å². The van der Waals surface area contributed by atoms with Crippen LogP contribution in [0.25, 0.3) is 0 Å². The average molecular weight is 449 g/mol. The summed E-state index contributed by atoms with van der Waals surface area (Å²) < 4.78 is 89.6. The van der Waals surface area contributed by atoms with E-state index in [1.54, 1.807) is 0 Å². The number of rotatable bonds is 3. The average Bonchev–Trinajstić information content (AvgIpc) is 2.68. The number of alkyl halides is 3. The first-order valence-electron chi connectivity index (χ1n) is 8.61. The fourth-order valence-corrected chi connectivity index (χ4v) is 3.70. The Morgan fingerprint density at radius 1 is 0.933 bits per heavy atom. The highest BCUT2D eigenvalue weighted by Gasteiger charge is 2.37. The zero-order valence-electron chi connectivity index (χ0n) is 15.3. The second-order valence-corrected chi connectivity index (χ2v) is 8.19. The number of amides is 1. The molecule has 0 spiro atoms. The predicted octanol–water partition coefficient (Wildman–Crippen LogP) is 2.59. The molecular formula is C18H16F5N3O3S. The lowest BCUT2D eigenvalue weighted by Crippen LogP contribution is -2.49. The van der Waals surface area contributed by atoms with Crippen LogP contribution < -0.4 is 10.0 Å². The maximum atomic E-state index is 13.5. The van der Waals surface area contributed by atoms with E-state index in [0.29, 0.717) is 6.07 Å². The summed E-state index contributed by atoms with van der Waals surface area (Å²) in [5.74, 6) is -2.85.